The van der Waals surface area contributed by atoms with Crippen molar-refractivity contribution in [2.75, 3.05) is 20.3 Å². The summed E-state index contributed by atoms with van der Waals surface area (Å²) in [5, 5.41) is 3.75. The summed E-state index contributed by atoms with van der Waals surface area (Å²) in [6.07, 6.45) is 7.85. The van der Waals surface area contributed by atoms with E-state index in [4.69, 9.17) is 9.47 Å². The second kappa shape index (κ2) is 5.83. The molecule has 0 radical (unpaired) electrons. The summed E-state index contributed by atoms with van der Waals surface area (Å²) in [7, 11) is 1.83. The van der Waals surface area contributed by atoms with Crippen molar-refractivity contribution in [2.45, 2.75) is 56.7 Å². The summed E-state index contributed by atoms with van der Waals surface area (Å²) >= 11 is 0. The van der Waals surface area contributed by atoms with Gasteiger partial charge in [0.25, 0.3) is 0 Å². The van der Waals surface area contributed by atoms with Crippen LogP contribution in [-0.2, 0) is 9.47 Å². The third kappa shape index (κ3) is 3.16. The minimum atomic E-state index is 0.439. The van der Waals surface area contributed by atoms with Gasteiger partial charge in [-0.05, 0) is 38.5 Å². The molecule has 0 aromatic heterocycles. The highest BCUT2D eigenvalue weighted by Crippen LogP contribution is 2.23. The van der Waals surface area contributed by atoms with E-state index in [1.807, 2.05) is 7.11 Å². The number of hydrogen-bond donors (Lipinski definition) is 1. The third-order valence-corrected chi connectivity index (χ3v) is 3.66. The zero-order chi connectivity index (χ0) is 10.5. The van der Waals surface area contributed by atoms with Gasteiger partial charge in [0.2, 0.25) is 0 Å². The van der Waals surface area contributed by atoms with Gasteiger partial charge in [-0.15, -0.1) is 0 Å². The molecule has 88 valence electrons. The molecule has 1 N–H and O–H groups in total. The van der Waals surface area contributed by atoms with Crippen LogP contribution in [0.3, 0.4) is 0 Å². The first kappa shape index (κ1) is 11.4. The summed E-state index contributed by atoms with van der Waals surface area (Å²) in [6.45, 7) is 1.86. The minimum absolute atomic E-state index is 0.439. The van der Waals surface area contributed by atoms with E-state index in [9.17, 15) is 0 Å². The van der Waals surface area contributed by atoms with Gasteiger partial charge in [-0.2, -0.15) is 0 Å². The lowest BCUT2D eigenvalue weighted by Gasteiger charge is -2.25. The fourth-order valence-electron chi connectivity index (χ4n) is 2.77. The molecule has 2 aliphatic rings. The average molecular weight is 213 g/mol. The topological polar surface area (TPSA) is 30.5 Å². The van der Waals surface area contributed by atoms with Gasteiger partial charge in [0, 0.05) is 32.4 Å². The van der Waals surface area contributed by atoms with Crippen molar-refractivity contribution in [1.82, 2.24) is 5.32 Å². The first-order valence-corrected chi connectivity index (χ1v) is 6.26. The zero-order valence-corrected chi connectivity index (χ0v) is 9.71. The Bertz CT molecular complexity index is 178. The highest BCUT2D eigenvalue weighted by molar-refractivity contribution is 4.86. The molecule has 0 bridgehead atoms. The molecule has 0 amide bonds. The Hall–Kier alpha value is -0.120. The highest BCUT2D eigenvalue weighted by atomic mass is 16.5. The first-order valence-electron chi connectivity index (χ1n) is 6.26. The molecule has 0 aromatic carbocycles. The van der Waals surface area contributed by atoms with Crippen LogP contribution in [0.5, 0.6) is 0 Å². The molecule has 15 heavy (non-hydrogen) atoms. The summed E-state index contributed by atoms with van der Waals surface area (Å²) in [4.78, 5) is 0. The third-order valence-electron chi connectivity index (χ3n) is 3.66. The predicted molar refractivity (Wildman–Crippen MR) is 60.0 cm³/mol. The van der Waals surface area contributed by atoms with Crippen molar-refractivity contribution >= 4 is 0 Å². The van der Waals surface area contributed by atoms with Gasteiger partial charge < -0.3 is 14.8 Å². The van der Waals surface area contributed by atoms with Crippen LogP contribution in [0.4, 0.5) is 0 Å². The molecule has 3 unspecified atom stereocenters. The van der Waals surface area contributed by atoms with E-state index in [1.165, 1.54) is 32.1 Å². The maximum absolute atomic E-state index is 5.50. The molecule has 0 aromatic rings. The van der Waals surface area contributed by atoms with Gasteiger partial charge in [-0.25, -0.2) is 0 Å². The van der Waals surface area contributed by atoms with E-state index in [0.717, 1.165) is 19.6 Å². The van der Waals surface area contributed by atoms with Crippen molar-refractivity contribution in [3.63, 3.8) is 0 Å². The maximum Gasteiger partial charge on any atom is 0.0724 e. The van der Waals surface area contributed by atoms with Crippen LogP contribution in [0.1, 0.15) is 38.5 Å². The zero-order valence-electron chi connectivity index (χ0n) is 9.71. The van der Waals surface area contributed by atoms with Gasteiger partial charge in [-0.1, -0.05) is 0 Å². The Kier molecular flexibility index (Phi) is 4.42. The molecular weight excluding hydrogens is 190 g/mol. The van der Waals surface area contributed by atoms with Gasteiger partial charge in [0.1, 0.15) is 0 Å². The largest absolute Gasteiger partial charge is 0.381 e. The molecule has 3 heteroatoms. The standard InChI is InChI=1S/C12H23NO2/c1-14-12-6-2-5-11(12)13-10-4-3-8-15-9-7-10/h10-13H,2-9H2,1H3. The summed E-state index contributed by atoms with van der Waals surface area (Å²) < 4.78 is 11.0. The Morgan fingerprint density at radius 1 is 1.07 bits per heavy atom. The SMILES string of the molecule is COC1CCCC1NC1CCCOCC1. The maximum atomic E-state index is 5.50. The Morgan fingerprint density at radius 2 is 2.00 bits per heavy atom. The molecule has 0 spiro atoms. The number of nitrogens with one attached hydrogen (secondary N) is 1. The average Bonchev–Trinajstić information content (AvgIpc) is 2.53. The second-order valence-electron chi connectivity index (χ2n) is 4.72. The molecule has 1 saturated heterocycles. The second-order valence-corrected chi connectivity index (χ2v) is 4.72. The van der Waals surface area contributed by atoms with Crippen LogP contribution in [0, 0.1) is 0 Å². The summed E-state index contributed by atoms with van der Waals surface area (Å²) in [5.74, 6) is 0. The number of methoxy groups -OCH3 is 1. The van der Waals surface area contributed by atoms with Crippen molar-refractivity contribution in [3.8, 4) is 0 Å². The van der Waals surface area contributed by atoms with Crippen LogP contribution < -0.4 is 5.32 Å². The van der Waals surface area contributed by atoms with Gasteiger partial charge in [0.15, 0.2) is 0 Å². The van der Waals surface area contributed by atoms with Crippen molar-refractivity contribution in [2.24, 2.45) is 0 Å². The molecule has 1 heterocycles. The monoisotopic (exact) mass is 213 g/mol. The normalized spacial score (nSPS) is 37.8. The fourth-order valence-corrected chi connectivity index (χ4v) is 2.77. The van der Waals surface area contributed by atoms with Crippen LogP contribution in [0.2, 0.25) is 0 Å². The lowest BCUT2D eigenvalue weighted by molar-refractivity contribution is 0.0796. The summed E-state index contributed by atoms with van der Waals surface area (Å²) in [5.41, 5.74) is 0. The van der Waals surface area contributed by atoms with Crippen LogP contribution in [-0.4, -0.2) is 38.5 Å². The van der Waals surface area contributed by atoms with E-state index in [-0.39, 0.29) is 0 Å². The Labute approximate surface area is 92.5 Å². The van der Waals surface area contributed by atoms with Crippen LogP contribution in [0.15, 0.2) is 0 Å². The van der Waals surface area contributed by atoms with Crippen LogP contribution >= 0.6 is 0 Å². The van der Waals surface area contributed by atoms with Crippen molar-refractivity contribution in [1.29, 1.82) is 0 Å². The lowest BCUT2D eigenvalue weighted by Crippen LogP contribution is -2.43. The number of hydrogen-bond acceptors (Lipinski definition) is 3. The summed E-state index contributed by atoms with van der Waals surface area (Å²) in [6, 6.07) is 1.23. The van der Waals surface area contributed by atoms with Crippen molar-refractivity contribution in [3.05, 3.63) is 0 Å². The molecular formula is C12H23NO2. The molecule has 1 aliphatic heterocycles. The van der Waals surface area contributed by atoms with E-state index in [1.54, 1.807) is 0 Å². The highest BCUT2D eigenvalue weighted by Gasteiger charge is 2.28. The Morgan fingerprint density at radius 3 is 2.87 bits per heavy atom. The smallest absolute Gasteiger partial charge is 0.0724 e. The van der Waals surface area contributed by atoms with E-state index >= 15 is 0 Å². The number of ether oxygens (including phenoxy) is 2. The van der Waals surface area contributed by atoms with E-state index < -0.39 is 0 Å². The predicted octanol–water partition coefficient (Wildman–Crippen LogP) is 1.71. The first-order chi connectivity index (χ1) is 7.40. The molecule has 2 fully saturated rings. The van der Waals surface area contributed by atoms with Crippen LogP contribution in [0.25, 0.3) is 0 Å². The van der Waals surface area contributed by atoms with Gasteiger partial charge in [-0.3, -0.25) is 0 Å². The molecule has 2 rings (SSSR count). The molecule has 3 atom stereocenters. The van der Waals surface area contributed by atoms with Crippen molar-refractivity contribution < 1.29 is 9.47 Å². The quantitative estimate of drug-likeness (QED) is 0.774. The lowest BCUT2D eigenvalue weighted by atomic mass is 10.1. The fraction of sp³-hybridized carbons (Fsp3) is 1.00. The van der Waals surface area contributed by atoms with Gasteiger partial charge >= 0.3 is 0 Å². The van der Waals surface area contributed by atoms with E-state index in [0.29, 0.717) is 18.2 Å². The molecule has 3 nitrogen and oxygen atoms in total. The minimum Gasteiger partial charge on any atom is -0.381 e. The molecule has 1 aliphatic carbocycles. The number of rotatable bonds is 3. The molecule has 1 saturated carbocycles. The van der Waals surface area contributed by atoms with Gasteiger partial charge in [0.05, 0.1) is 6.10 Å². The Balaban J connectivity index is 1.78. The van der Waals surface area contributed by atoms with E-state index in [2.05, 4.69) is 5.32 Å².